The molecule has 0 spiro atoms. The lowest BCUT2D eigenvalue weighted by Gasteiger charge is -2.27. The first-order valence-corrected chi connectivity index (χ1v) is 13.7. The molecule has 2 amide bonds. The van der Waals surface area contributed by atoms with Crippen molar-refractivity contribution in [1.29, 1.82) is 0 Å². The van der Waals surface area contributed by atoms with Gasteiger partial charge >= 0.3 is 0 Å². The number of amides is 2. The summed E-state index contributed by atoms with van der Waals surface area (Å²) in [6.07, 6.45) is 0.701. The number of carbonyl (C=O) groups excluding carboxylic acids is 2. The Morgan fingerprint density at radius 3 is 2.31 bits per heavy atom. The SMILES string of the molecule is COc1ccc(-c2ccc(N3CCCN(C(=O)CN(Cc4ccc(F)cc4)C(=O)c4ccccc4F)CC3)nn2)cc1. The first kappa shape index (κ1) is 28.7. The minimum atomic E-state index is -0.663. The summed E-state index contributed by atoms with van der Waals surface area (Å²) in [6.45, 7) is 1.97. The molecule has 1 aliphatic heterocycles. The van der Waals surface area contributed by atoms with E-state index in [0.29, 0.717) is 44.0 Å². The fraction of sp³-hybridized carbons (Fsp3) is 0.250. The van der Waals surface area contributed by atoms with Crippen LogP contribution in [0.1, 0.15) is 22.3 Å². The summed E-state index contributed by atoms with van der Waals surface area (Å²) in [5.41, 5.74) is 2.19. The van der Waals surface area contributed by atoms with E-state index in [1.165, 1.54) is 35.2 Å². The van der Waals surface area contributed by atoms with Crippen LogP contribution in [0.25, 0.3) is 11.3 Å². The van der Waals surface area contributed by atoms with Crippen molar-refractivity contribution in [2.45, 2.75) is 13.0 Å². The van der Waals surface area contributed by atoms with E-state index in [2.05, 4.69) is 15.1 Å². The highest BCUT2D eigenvalue weighted by molar-refractivity contribution is 5.96. The summed E-state index contributed by atoms with van der Waals surface area (Å²) in [5.74, 6) is -0.435. The maximum absolute atomic E-state index is 14.5. The number of nitrogens with zero attached hydrogens (tertiary/aromatic N) is 5. The molecule has 0 N–H and O–H groups in total. The second-order valence-electron chi connectivity index (χ2n) is 9.99. The molecule has 2 heterocycles. The Bertz CT molecular complexity index is 1510. The Labute approximate surface area is 243 Å². The number of carbonyl (C=O) groups is 2. The van der Waals surface area contributed by atoms with Gasteiger partial charge in [-0.05, 0) is 72.6 Å². The number of aromatic nitrogens is 2. The summed E-state index contributed by atoms with van der Waals surface area (Å²) in [5, 5.41) is 8.82. The number of halogens is 2. The predicted octanol–water partition coefficient (Wildman–Crippen LogP) is 4.81. The van der Waals surface area contributed by atoms with Crippen molar-refractivity contribution < 1.29 is 23.1 Å². The Hall–Kier alpha value is -4.86. The van der Waals surface area contributed by atoms with Crippen molar-refractivity contribution in [2.75, 3.05) is 44.7 Å². The number of benzene rings is 3. The van der Waals surface area contributed by atoms with E-state index in [9.17, 15) is 18.4 Å². The molecule has 0 unspecified atom stereocenters. The van der Waals surface area contributed by atoms with Crippen LogP contribution >= 0.6 is 0 Å². The smallest absolute Gasteiger partial charge is 0.257 e. The normalized spacial score (nSPS) is 13.4. The predicted molar refractivity (Wildman–Crippen MR) is 155 cm³/mol. The average Bonchev–Trinajstić information content (AvgIpc) is 3.28. The number of methoxy groups -OCH3 is 1. The first-order valence-electron chi connectivity index (χ1n) is 13.7. The van der Waals surface area contributed by atoms with Crippen LogP contribution in [0.15, 0.2) is 84.9 Å². The number of hydrogen-bond donors (Lipinski definition) is 0. The van der Waals surface area contributed by atoms with Gasteiger partial charge in [0.25, 0.3) is 5.91 Å². The van der Waals surface area contributed by atoms with Crippen LogP contribution in [-0.4, -0.2) is 71.6 Å². The molecular weight excluding hydrogens is 540 g/mol. The van der Waals surface area contributed by atoms with E-state index in [1.807, 2.05) is 36.4 Å². The third kappa shape index (κ3) is 6.88. The zero-order valence-electron chi connectivity index (χ0n) is 23.2. The molecule has 5 rings (SSSR count). The number of anilines is 1. The van der Waals surface area contributed by atoms with E-state index in [4.69, 9.17) is 4.74 Å². The molecule has 4 aromatic rings. The van der Waals surface area contributed by atoms with Crippen LogP contribution in [0.2, 0.25) is 0 Å². The maximum Gasteiger partial charge on any atom is 0.257 e. The van der Waals surface area contributed by atoms with Crippen LogP contribution in [0.3, 0.4) is 0 Å². The van der Waals surface area contributed by atoms with Crippen LogP contribution in [0, 0.1) is 11.6 Å². The maximum atomic E-state index is 14.5. The lowest BCUT2D eigenvalue weighted by Crippen LogP contribution is -2.44. The van der Waals surface area contributed by atoms with Crippen molar-refractivity contribution in [3.8, 4) is 17.0 Å². The lowest BCUT2D eigenvalue weighted by molar-refractivity contribution is -0.131. The molecule has 0 atom stereocenters. The number of hydrogen-bond acceptors (Lipinski definition) is 6. The fourth-order valence-electron chi connectivity index (χ4n) is 4.88. The minimum absolute atomic E-state index is 0.0370. The van der Waals surface area contributed by atoms with E-state index in [0.717, 1.165) is 17.0 Å². The molecule has 8 nitrogen and oxygen atoms in total. The summed E-state index contributed by atoms with van der Waals surface area (Å²) >= 11 is 0. The zero-order valence-corrected chi connectivity index (χ0v) is 23.2. The molecule has 1 fully saturated rings. The molecule has 0 aliphatic carbocycles. The third-order valence-electron chi connectivity index (χ3n) is 7.21. The quantitative estimate of drug-likeness (QED) is 0.302. The van der Waals surface area contributed by atoms with Crippen molar-refractivity contribution >= 4 is 17.6 Å². The highest BCUT2D eigenvalue weighted by atomic mass is 19.1. The highest BCUT2D eigenvalue weighted by Crippen LogP contribution is 2.22. The Kier molecular flexibility index (Phi) is 9.01. The largest absolute Gasteiger partial charge is 0.497 e. The van der Waals surface area contributed by atoms with Crippen LogP contribution < -0.4 is 9.64 Å². The molecule has 0 radical (unpaired) electrons. The van der Waals surface area contributed by atoms with Crippen molar-refractivity contribution in [3.63, 3.8) is 0 Å². The molecule has 1 aromatic heterocycles. The van der Waals surface area contributed by atoms with Crippen molar-refractivity contribution in [2.24, 2.45) is 0 Å². The van der Waals surface area contributed by atoms with Gasteiger partial charge in [0.15, 0.2) is 5.82 Å². The van der Waals surface area contributed by atoms with Crippen LogP contribution in [0.5, 0.6) is 5.75 Å². The number of rotatable bonds is 8. The zero-order chi connectivity index (χ0) is 29.5. The minimum Gasteiger partial charge on any atom is -0.497 e. The number of ether oxygens (including phenoxy) is 1. The Balaban J connectivity index is 1.25. The van der Waals surface area contributed by atoms with Gasteiger partial charge in [-0.2, -0.15) is 0 Å². The van der Waals surface area contributed by atoms with E-state index >= 15 is 0 Å². The summed E-state index contributed by atoms with van der Waals surface area (Å²) < 4.78 is 33.2. The second kappa shape index (κ2) is 13.2. The monoisotopic (exact) mass is 571 g/mol. The topological polar surface area (TPSA) is 78.9 Å². The van der Waals surface area contributed by atoms with Gasteiger partial charge in [-0.25, -0.2) is 8.78 Å². The second-order valence-corrected chi connectivity index (χ2v) is 9.99. The van der Waals surface area contributed by atoms with Gasteiger partial charge in [-0.3, -0.25) is 9.59 Å². The average molecular weight is 572 g/mol. The standard InChI is InChI=1S/C32H31F2N5O3/c1-42-26-13-9-24(10-14-26)29-15-16-30(36-35-29)37-17-4-18-38(20-19-37)31(40)22-39(21-23-7-11-25(33)12-8-23)32(41)27-5-2-3-6-28(27)34/h2-3,5-16H,4,17-22H2,1H3. The van der Waals surface area contributed by atoms with E-state index in [-0.39, 0.29) is 24.6 Å². The third-order valence-corrected chi connectivity index (χ3v) is 7.21. The Morgan fingerprint density at radius 2 is 1.62 bits per heavy atom. The highest BCUT2D eigenvalue weighted by Gasteiger charge is 2.26. The van der Waals surface area contributed by atoms with E-state index < -0.39 is 17.5 Å². The first-order chi connectivity index (χ1) is 20.4. The molecule has 1 aliphatic rings. The van der Waals surface area contributed by atoms with Crippen LogP contribution in [0.4, 0.5) is 14.6 Å². The van der Waals surface area contributed by atoms with Gasteiger partial charge in [0, 0.05) is 38.3 Å². The molecule has 216 valence electrons. The molecule has 42 heavy (non-hydrogen) atoms. The van der Waals surface area contributed by atoms with Crippen molar-refractivity contribution in [3.05, 3.63) is 108 Å². The molecule has 0 saturated carbocycles. The Morgan fingerprint density at radius 1 is 0.857 bits per heavy atom. The molecule has 10 heteroatoms. The summed E-state index contributed by atoms with van der Waals surface area (Å²) in [4.78, 5) is 31.9. The molecule has 3 aromatic carbocycles. The van der Waals surface area contributed by atoms with Gasteiger partial charge in [-0.15, -0.1) is 10.2 Å². The lowest BCUT2D eigenvalue weighted by atomic mass is 10.1. The van der Waals surface area contributed by atoms with Crippen LogP contribution in [-0.2, 0) is 11.3 Å². The van der Waals surface area contributed by atoms with E-state index in [1.54, 1.807) is 30.2 Å². The van der Waals surface area contributed by atoms with Gasteiger partial charge in [0.1, 0.15) is 23.9 Å². The van der Waals surface area contributed by atoms with Gasteiger partial charge in [-0.1, -0.05) is 24.3 Å². The summed E-state index contributed by atoms with van der Waals surface area (Å²) in [6, 6.07) is 22.8. The van der Waals surface area contributed by atoms with Gasteiger partial charge in [0.2, 0.25) is 5.91 Å². The molecule has 0 bridgehead atoms. The van der Waals surface area contributed by atoms with Crippen molar-refractivity contribution in [1.82, 2.24) is 20.0 Å². The fourth-order valence-corrected chi connectivity index (χ4v) is 4.88. The molecule has 1 saturated heterocycles. The van der Waals surface area contributed by atoms with Gasteiger partial charge < -0.3 is 19.4 Å². The van der Waals surface area contributed by atoms with Gasteiger partial charge in [0.05, 0.1) is 18.4 Å². The summed E-state index contributed by atoms with van der Waals surface area (Å²) in [7, 11) is 1.62. The molecular formula is C32H31F2N5O3.